The number of carboxylic acids is 1. The lowest BCUT2D eigenvalue weighted by Gasteiger charge is -2.29. The van der Waals surface area contributed by atoms with Crippen LogP contribution in [0.1, 0.15) is 46.9 Å². The van der Waals surface area contributed by atoms with Crippen LogP contribution in [0.3, 0.4) is 0 Å². The molecule has 2 aromatic rings. The largest absolute Gasteiger partial charge is 0.478 e. The van der Waals surface area contributed by atoms with Crippen LogP contribution in [0.4, 0.5) is 11.4 Å². The molecule has 7 nitrogen and oxygen atoms in total. The maximum atomic E-state index is 13.0. The van der Waals surface area contributed by atoms with Gasteiger partial charge in [0.25, 0.3) is 5.91 Å². The van der Waals surface area contributed by atoms with Gasteiger partial charge < -0.3 is 20.1 Å². The number of carbonyl (C=O) groups excluding carboxylic acids is 2. The van der Waals surface area contributed by atoms with Crippen molar-refractivity contribution in [3.05, 3.63) is 47.5 Å². The standard InChI is InChI=1S/C21H23BN2O5/c1-13(25)29-19-8-6-15(24-9-3-2-4-10-24)12-17(19)20(26)23-18-11-14(22)5-7-16(18)21(27)28/h5-8,11-12H,2-4,9-10,22H2,1H3,(H,23,26)(H,27,28). The van der Waals surface area contributed by atoms with Gasteiger partial charge in [-0.3, -0.25) is 9.59 Å². The molecule has 0 aromatic heterocycles. The molecule has 3 rings (SSSR count). The van der Waals surface area contributed by atoms with Gasteiger partial charge in [-0.2, -0.15) is 0 Å². The molecule has 1 aliphatic heterocycles. The minimum Gasteiger partial charge on any atom is -0.478 e. The number of ether oxygens (including phenoxy) is 1. The molecule has 0 spiro atoms. The van der Waals surface area contributed by atoms with Gasteiger partial charge in [0.05, 0.1) is 16.8 Å². The molecule has 1 saturated heterocycles. The number of aromatic carboxylic acids is 1. The van der Waals surface area contributed by atoms with Gasteiger partial charge in [-0.05, 0) is 49.6 Å². The van der Waals surface area contributed by atoms with E-state index in [4.69, 9.17) is 4.74 Å². The van der Waals surface area contributed by atoms with Crippen molar-refractivity contribution in [3.63, 3.8) is 0 Å². The molecular formula is C21H23BN2O5. The monoisotopic (exact) mass is 394 g/mol. The SMILES string of the molecule is Bc1ccc(C(=O)O)c(NC(=O)c2cc(N3CCCCC3)ccc2OC(C)=O)c1. The average molecular weight is 394 g/mol. The molecule has 2 aromatic carbocycles. The van der Waals surface area contributed by atoms with E-state index in [1.807, 2.05) is 13.9 Å². The first kappa shape index (κ1) is 20.4. The summed E-state index contributed by atoms with van der Waals surface area (Å²) in [5, 5.41) is 12.1. The fourth-order valence-electron chi connectivity index (χ4n) is 3.43. The number of esters is 1. The lowest BCUT2D eigenvalue weighted by Crippen LogP contribution is -2.29. The predicted molar refractivity (Wildman–Crippen MR) is 113 cm³/mol. The quantitative estimate of drug-likeness (QED) is 0.456. The number of rotatable bonds is 5. The lowest BCUT2D eigenvalue weighted by molar-refractivity contribution is -0.131. The maximum absolute atomic E-state index is 13.0. The highest BCUT2D eigenvalue weighted by atomic mass is 16.5. The molecule has 0 aliphatic carbocycles. The van der Waals surface area contributed by atoms with Gasteiger partial charge in [0, 0.05) is 25.7 Å². The molecule has 1 amide bonds. The molecule has 8 heteroatoms. The van der Waals surface area contributed by atoms with Crippen molar-refractivity contribution in [2.45, 2.75) is 26.2 Å². The Hall–Kier alpha value is -3.29. The van der Waals surface area contributed by atoms with E-state index in [1.165, 1.54) is 19.4 Å². The normalized spacial score (nSPS) is 13.6. The first-order chi connectivity index (χ1) is 13.8. The van der Waals surface area contributed by atoms with E-state index in [9.17, 15) is 19.5 Å². The van der Waals surface area contributed by atoms with Crippen LogP contribution < -0.4 is 20.4 Å². The molecule has 2 N–H and O–H groups in total. The Bertz CT molecular complexity index is 954. The van der Waals surface area contributed by atoms with Crippen molar-refractivity contribution in [2.24, 2.45) is 0 Å². The maximum Gasteiger partial charge on any atom is 0.337 e. The molecule has 0 bridgehead atoms. The number of nitrogens with one attached hydrogen (secondary N) is 1. The number of hydrogen-bond acceptors (Lipinski definition) is 5. The van der Waals surface area contributed by atoms with Crippen molar-refractivity contribution in [3.8, 4) is 5.75 Å². The number of carbonyl (C=O) groups is 3. The number of benzene rings is 2. The number of carboxylic acid groups (broad SMARTS) is 1. The smallest absolute Gasteiger partial charge is 0.337 e. The van der Waals surface area contributed by atoms with E-state index in [1.54, 1.807) is 24.3 Å². The first-order valence-electron chi connectivity index (χ1n) is 9.58. The minimum absolute atomic E-state index is 0.00910. The van der Waals surface area contributed by atoms with Crippen LogP contribution >= 0.6 is 0 Å². The molecule has 0 atom stereocenters. The van der Waals surface area contributed by atoms with Gasteiger partial charge >= 0.3 is 11.9 Å². The van der Waals surface area contributed by atoms with Crippen molar-refractivity contribution >= 4 is 42.5 Å². The van der Waals surface area contributed by atoms with Crippen LogP contribution in [0.5, 0.6) is 5.75 Å². The average Bonchev–Trinajstić information content (AvgIpc) is 2.68. The zero-order chi connectivity index (χ0) is 21.0. The second-order valence-corrected chi connectivity index (χ2v) is 7.13. The summed E-state index contributed by atoms with van der Waals surface area (Å²) in [6.45, 7) is 3.06. The zero-order valence-corrected chi connectivity index (χ0v) is 16.5. The van der Waals surface area contributed by atoms with E-state index < -0.39 is 17.8 Å². The van der Waals surface area contributed by atoms with Crippen LogP contribution in [0.15, 0.2) is 36.4 Å². The third kappa shape index (κ3) is 4.96. The van der Waals surface area contributed by atoms with Crippen molar-refractivity contribution in [2.75, 3.05) is 23.3 Å². The van der Waals surface area contributed by atoms with E-state index in [2.05, 4.69) is 10.2 Å². The third-order valence-corrected chi connectivity index (χ3v) is 4.84. The molecule has 150 valence electrons. The fourth-order valence-corrected chi connectivity index (χ4v) is 3.43. The Morgan fingerprint density at radius 1 is 1.03 bits per heavy atom. The number of anilines is 2. The van der Waals surface area contributed by atoms with Gasteiger partial charge in [0.15, 0.2) is 0 Å². The van der Waals surface area contributed by atoms with Crippen molar-refractivity contribution in [1.82, 2.24) is 0 Å². The highest BCUT2D eigenvalue weighted by molar-refractivity contribution is 6.33. The van der Waals surface area contributed by atoms with Gasteiger partial charge in [-0.25, -0.2) is 4.79 Å². The number of amides is 1. The molecule has 29 heavy (non-hydrogen) atoms. The number of hydrogen-bond donors (Lipinski definition) is 2. The summed E-state index contributed by atoms with van der Waals surface area (Å²) < 4.78 is 5.21. The Morgan fingerprint density at radius 3 is 2.41 bits per heavy atom. The summed E-state index contributed by atoms with van der Waals surface area (Å²) >= 11 is 0. The van der Waals surface area contributed by atoms with Crippen LogP contribution in [0.2, 0.25) is 0 Å². The molecule has 1 aliphatic rings. The van der Waals surface area contributed by atoms with Crippen molar-refractivity contribution in [1.29, 1.82) is 0 Å². The summed E-state index contributed by atoms with van der Waals surface area (Å²) in [5.41, 5.74) is 2.05. The number of piperidine rings is 1. The molecule has 0 unspecified atom stereocenters. The first-order valence-corrected chi connectivity index (χ1v) is 9.58. The second-order valence-electron chi connectivity index (χ2n) is 7.13. The Morgan fingerprint density at radius 2 is 1.76 bits per heavy atom. The van der Waals surface area contributed by atoms with Crippen molar-refractivity contribution < 1.29 is 24.2 Å². The minimum atomic E-state index is -1.14. The Balaban J connectivity index is 1.96. The van der Waals surface area contributed by atoms with Gasteiger partial charge in [-0.15, -0.1) is 0 Å². The van der Waals surface area contributed by atoms with E-state index in [-0.39, 0.29) is 22.6 Å². The van der Waals surface area contributed by atoms with E-state index >= 15 is 0 Å². The lowest BCUT2D eigenvalue weighted by atomic mass is 9.94. The third-order valence-electron chi connectivity index (χ3n) is 4.84. The zero-order valence-electron chi connectivity index (χ0n) is 16.5. The molecule has 0 radical (unpaired) electrons. The molecule has 1 heterocycles. The Kier molecular flexibility index (Phi) is 6.21. The summed E-state index contributed by atoms with van der Waals surface area (Å²) in [6, 6.07) is 9.84. The van der Waals surface area contributed by atoms with E-state index in [0.717, 1.165) is 37.1 Å². The summed E-state index contributed by atoms with van der Waals surface area (Å²) in [7, 11) is 1.81. The molecular weight excluding hydrogens is 371 g/mol. The van der Waals surface area contributed by atoms with Gasteiger partial charge in [0.2, 0.25) is 0 Å². The highest BCUT2D eigenvalue weighted by Gasteiger charge is 2.20. The molecule has 0 saturated carbocycles. The van der Waals surface area contributed by atoms with Crippen LogP contribution in [0, 0.1) is 0 Å². The highest BCUT2D eigenvalue weighted by Crippen LogP contribution is 2.28. The summed E-state index contributed by atoms with van der Waals surface area (Å²) in [4.78, 5) is 38.2. The van der Waals surface area contributed by atoms with E-state index in [0.29, 0.717) is 0 Å². The summed E-state index contributed by atoms with van der Waals surface area (Å²) in [5.74, 6) is -2.07. The molecule has 1 fully saturated rings. The van der Waals surface area contributed by atoms with Crippen LogP contribution in [-0.2, 0) is 4.79 Å². The second kappa shape index (κ2) is 8.81. The summed E-state index contributed by atoms with van der Waals surface area (Å²) in [6.07, 6.45) is 3.34. The van der Waals surface area contributed by atoms with Crippen LogP contribution in [-0.4, -0.2) is 43.9 Å². The number of nitrogens with zero attached hydrogens (tertiary/aromatic N) is 1. The Labute approximate surface area is 170 Å². The van der Waals surface area contributed by atoms with Crippen LogP contribution in [0.25, 0.3) is 0 Å². The predicted octanol–water partition coefficient (Wildman–Crippen LogP) is 1.81. The fraction of sp³-hybridized carbons (Fsp3) is 0.286. The topological polar surface area (TPSA) is 95.9 Å². The van der Waals surface area contributed by atoms with Gasteiger partial charge in [0.1, 0.15) is 13.6 Å². The van der Waals surface area contributed by atoms with Gasteiger partial charge in [-0.1, -0.05) is 11.5 Å².